The first-order valence-electron chi connectivity index (χ1n) is 6.84. The Morgan fingerprint density at radius 2 is 2.17 bits per heavy atom. The Morgan fingerprint density at radius 3 is 2.83 bits per heavy atom. The highest BCUT2D eigenvalue weighted by atomic mass is 35.5. The van der Waals surface area contributed by atoms with E-state index in [0.29, 0.717) is 5.70 Å². The van der Waals surface area contributed by atoms with E-state index in [1.165, 1.54) is 19.2 Å². The summed E-state index contributed by atoms with van der Waals surface area (Å²) in [7, 11) is 1.50. The second-order valence-corrected chi connectivity index (χ2v) is 5.65. The topological polar surface area (TPSA) is 59.6 Å². The maximum atomic E-state index is 14.2. The number of thiocarbonyl (C=S) groups is 1. The highest BCUT2D eigenvalue weighted by Crippen LogP contribution is 2.33. The summed E-state index contributed by atoms with van der Waals surface area (Å²) in [5.41, 5.74) is 0.859. The van der Waals surface area contributed by atoms with Crippen molar-refractivity contribution in [2.75, 3.05) is 20.3 Å². The molecule has 5 nitrogen and oxygen atoms in total. The molecule has 0 bridgehead atoms. The number of carbonyl (C=O) groups is 1. The van der Waals surface area contributed by atoms with Gasteiger partial charge >= 0.3 is 5.97 Å². The molecular weight excluding hydrogens is 343 g/mol. The van der Waals surface area contributed by atoms with E-state index in [-0.39, 0.29) is 34.5 Å². The van der Waals surface area contributed by atoms with Crippen LogP contribution in [0.4, 0.5) is 4.39 Å². The first-order valence-corrected chi connectivity index (χ1v) is 7.62. The van der Waals surface area contributed by atoms with Crippen LogP contribution in [0.5, 0.6) is 0 Å². The van der Waals surface area contributed by atoms with Crippen molar-refractivity contribution in [3.8, 4) is 0 Å². The van der Waals surface area contributed by atoms with Gasteiger partial charge in [0.15, 0.2) is 5.11 Å². The molecule has 0 saturated heterocycles. The number of methoxy groups -OCH3 is 1. The first kappa shape index (κ1) is 17.7. The second-order valence-electron chi connectivity index (χ2n) is 4.83. The molecular formula is C15H16ClFN2O3S. The standard InChI is InChI=1S/C15H16ClFN2O3S/c1-8-11(14(20)22-7-6-21-2)13(19-15(23)18-8)12-9(16)4-3-5-10(12)17/h3-5,13H,6-7H2,1-2H3,(H2,18,19,23). The lowest BCUT2D eigenvalue weighted by Crippen LogP contribution is -2.45. The molecule has 1 aliphatic heterocycles. The fourth-order valence-corrected chi connectivity index (χ4v) is 2.81. The fraction of sp³-hybridized carbons (Fsp3) is 0.333. The van der Waals surface area contributed by atoms with Crippen molar-refractivity contribution in [3.05, 3.63) is 45.9 Å². The first-order chi connectivity index (χ1) is 11.0. The summed E-state index contributed by atoms with van der Waals surface area (Å²) >= 11 is 11.2. The van der Waals surface area contributed by atoms with Crippen LogP contribution in [0.25, 0.3) is 0 Å². The molecule has 0 aliphatic carbocycles. The summed E-state index contributed by atoms with van der Waals surface area (Å²) < 4.78 is 24.2. The molecule has 1 atom stereocenters. The maximum Gasteiger partial charge on any atom is 0.338 e. The lowest BCUT2D eigenvalue weighted by atomic mass is 9.95. The molecule has 0 amide bonds. The van der Waals surface area contributed by atoms with Crippen LogP contribution in [-0.2, 0) is 14.3 Å². The van der Waals surface area contributed by atoms with Gasteiger partial charge in [-0.3, -0.25) is 0 Å². The van der Waals surface area contributed by atoms with Crippen molar-refractivity contribution >= 4 is 34.9 Å². The Bertz CT molecular complexity index is 646. The minimum absolute atomic E-state index is 0.0916. The van der Waals surface area contributed by atoms with Gasteiger partial charge in [0, 0.05) is 23.4 Å². The minimum Gasteiger partial charge on any atom is -0.460 e. The van der Waals surface area contributed by atoms with E-state index in [9.17, 15) is 9.18 Å². The van der Waals surface area contributed by atoms with Crippen LogP contribution in [0, 0.1) is 5.82 Å². The number of nitrogens with one attached hydrogen (secondary N) is 2. The lowest BCUT2D eigenvalue weighted by molar-refractivity contribution is -0.140. The summed E-state index contributed by atoms with van der Waals surface area (Å²) in [6, 6.07) is 3.49. The molecule has 1 aromatic rings. The Kier molecular flexibility index (Phi) is 5.92. The fourth-order valence-electron chi connectivity index (χ4n) is 2.26. The summed E-state index contributed by atoms with van der Waals surface area (Å²) in [6.07, 6.45) is 0. The molecule has 0 fully saturated rings. The third-order valence-corrected chi connectivity index (χ3v) is 3.85. The highest BCUT2D eigenvalue weighted by Gasteiger charge is 2.33. The van der Waals surface area contributed by atoms with Crippen LogP contribution in [0.2, 0.25) is 5.02 Å². The number of halogens is 2. The van der Waals surface area contributed by atoms with Gasteiger partial charge in [-0.2, -0.15) is 0 Å². The third kappa shape index (κ3) is 3.99. The predicted molar refractivity (Wildman–Crippen MR) is 88.6 cm³/mol. The monoisotopic (exact) mass is 358 g/mol. The SMILES string of the molecule is COCCOC(=O)C1=C(C)NC(=S)NC1c1c(F)cccc1Cl. The number of allylic oxidation sites excluding steroid dienone is 1. The molecule has 2 N–H and O–H groups in total. The van der Waals surface area contributed by atoms with Gasteiger partial charge in [0.25, 0.3) is 0 Å². The molecule has 0 saturated carbocycles. The average molecular weight is 359 g/mol. The van der Waals surface area contributed by atoms with Gasteiger partial charge < -0.3 is 20.1 Å². The highest BCUT2D eigenvalue weighted by molar-refractivity contribution is 7.80. The number of benzene rings is 1. The zero-order valence-electron chi connectivity index (χ0n) is 12.6. The quantitative estimate of drug-likeness (QED) is 0.479. The van der Waals surface area contributed by atoms with Crippen LogP contribution in [0.1, 0.15) is 18.5 Å². The van der Waals surface area contributed by atoms with E-state index in [4.69, 9.17) is 33.3 Å². The number of hydrogen-bond donors (Lipinski definition) is 2. The van der Waals surface area contributed by atoms with E-state index >= 15 is 0 Å². The number of carbonyl (C=O) groups excluding carboxylic acids is 1. The van der Waals surface area contributed by atoms with Gasteiger partial charge in [0.1, 0.15) is 12.4 Å². The zero-order valence-corrected chi connectivity index (χ0v) is 14.2. The molecule has 1 aliphatic rings. The molecule has 1 unspecified atom stereocenters. The molecule has 1 aromatic carbocycles. The zero-order chi connectivity index (χ0) is 17.0. The molecule has 0 radical (unpaired) electrons. The number of esters is 1. The largest absolute Gasteiger partial charge is 0.460 e. The second kappa shape index (κ2) is 7.72. The third-order valence-electron chi connectivity index (χ3n) is 3.30. The normalized spacial score (nSPS) is 17.6. The van der Waals surface area contributed by atoms with Gasteiger partial charge in [-0.1, -0.05) is 17.7 Å². The van der Waals surface area contributed by atoms with Crippen LogP contribution in [-0.4, -0.2) is 31.4 Å². The molecule has 2 rings (SSSR count). The van der Waals surface area contributed by atoms with Gasteiger partial charge in [-0.15, -0.1) is 0 Å². The summed E-state index contributed by atoms with van der Waals surface area (Å²) in [4.78, 5) is 12.4. The van der Waals surface area contributed by atoms with Crippen LogP contribution in [0.3, 0.4) is 0 Å². The number of ether oxygens (including phenoxy) is 2. The van der Waals surface area contributed by atoms with Gasteiger partial charge in [0.2, 0.25) is 0 Å². The van der Waals surface area contributed by atoms with E-state index in [2.05, 4.69) is 10.6 Å². The van der Waals surface area contributed by atoms with Crippen molar-refractivity contribution in [1.29, 1.82) is 0 Å². The van der Waals surface area contributed by atoms with E-state index in [0.717, 1.165) is 0 Å². The van der Waals surface area contributed by atoms with E-state index in [1.807, 2.05) is 0 Å². The summed E-state index contributed by atoms with van der Waals surface area (Å²) in [5.74, 6) is -1.12. The van der Waals surface area contributed by atoms with Crippen molar-refractivity contribution in [3.63, 3.8) is 0 Å². The number of rotatable bonds is 5. The molecule has 23 heavy (non-hydrogen) atoms. The van der Waals surface area contributed by atoms with Crippen LogP contribution in [0.15, 0.2) is 29.5 Å². The molecule has 0 aromatic heterocycles. The van der Waals surface area contributed by atoms with E-state index < -0.39 is 17.8 Å². The van der Waals surface area contributed by atoms with Crippen molar-refractivity contribution in [2.45, 2.75) is 13.0 Å². The van der Waals surface area contributed by atoms with Gasteiger partial charge in [-0.25, -0.2) is 9.18 Å². The Balaban J connectivity index is 2.40. The predicted octanol–water partition coefficient (Wildman–Crippen LogP) is 2.46. The van der Waals surface area contributed by atoms with Crippen molar-refractivity contribution in [1.82, 2.24) is 10.6 Å². The van der Waals surface area contributed by atoms with Crippen LogP contribution < -0.4 is 10.6 Å². The maximum absolute atomic E-state index is 14.2. The molecule has 1 heterocycles. The lowest BCUT2D eigenvalue weighted by Gasteiger charge is -2.30. The average Bonchev–Trinajstić information content (AvgIpc) is 2.46. The van der Waals surface area contributed by atoms with Crippen LogP contribution >= 0.6 is 23.8 Å². The number of hydrogen-bond acceptors (Lipinski definition) is 4. The van der Waals surface area contributed by atoms with Crippen molar-refractivity contribution < 1.29 is 18.7 Å². The summed E-state index contributed by atoms with van der Waals surface area (Å²) in [6.45, 7) is 2.03. The molecule has 0 spiro atoms. The Labute approximate surface area is 143 Å². The van der Waals surface area contributed by atoms with Gasteiger partial charge in [-0.05, 0) is 31.3 Å². The minimum atomic E-state index is -0.826. The van der Waals surface area contributed by atoms with E-state index in [1.54, 1.807) is 13.0 Å². The Morgan fingerprint density at radius 1 is 1.43 bits per heavy atom. The Hall–Kier alpha value is -1.70. The summed E-state index contributed by atoms with van der Waals surface area (Å²) in [5, 5.41) is 6.19. The van der Waals surface area contributed by atoms with Crippen molar-refractivity contribution in [2.24, 2.45) is 0 Å². The molecule has 8 heteroatoms. The van der Waals surface area contributed by atoms with Gasteiger partial charge in [0.05, 0.1) is 18.2 Å². The molecule has 124 valence electrons. The smallest absolute Gasteiger partial charge is 0.338 e.